The summed E-state index contributed by atoms with van der Waals surface area (Å²) >= 11 is 0. The maximum atomic E-state index is 12.4. The third-order valence-corrected chi connectivity index (χ3v) is 3.55. The number of amides is 1. The van der Waals surface area contributed by atoms with E-state index >= 15 is 0 Å². The Hall–Kier alpha value is -2.14. The molecule has 0 unspecified atom stereocenters. The van der Waals surface area contributed by atoms with E-state index in [1.807, 2.05) is 42.2 Å². The minimum absolute atomic E-state index is 0.0649. The number of piperazine rings is 1. The van der Waals surface area contributed by atoms with Gasteiger partial charge in [-0.2, -0.15) is 0 Å². The number of rotatable bonds is 2. The molecule has 0 spiro atoms. The number of benzene rings is 1. The molecular weight excluding hydrogens is 254 g/mol. The quantitative estimate of drug-likeness (QED) is 0.904. The van der Waals surface area contributed by atoms with Gasteiger partial charge in [0.25, 0.3) is 5.91 Å². The molecule has 2 heterocycles. The molecule has 5 nitrogen and oxygen atoms in total. The minimum atomic E-state index is -0.0649. The molecule has 1 aliphatic rings. The van der Waals surface area contributed by atoms with Gasteiger partial charge in [0.1, 0.15) is 0 Å². The summed E-state index contributed by atoms with van der Waals surface area (Å²) in [6.07, 6.45) is 0. The van der Waals surface area contributed by atoms with Crippen molar-refractivity contribution in [2.75, 3.05) is 19.6 Å². The van der Waals surface area contributed by atoms with Crippen LogP contribution in [0.5, 0.6) is 0 Å². The van der Waals surface area contributed by atoms with Crippen molar-refractivity contribution < 1.29 is 9.32 Å². The number of carbonyl (C=O) groups is 1. The van der Waals surface area contributed by atoms with Gasteiger partial charge in [-0.15, -0.1) is 0 Å². The predicted molar refractivity (Wildman–Crippen MR) is 75.3 cm³/mol. The Labute approximate surface area is 117 Å². The van der Waals surface area contributed by atoms with Gasteiger partial charge in [0.15, 0.2) is 11.5 Å². The Kier molecular flexibility index (Phi) is 3.52. The predicted octanol–water partition coefficient (Wildman–Crippen LogP) is 1.78. The lowest BCUT2D eigenvalue weighted by Gasteiger charge is -2.33. The Balaban J connectivity index is 1.81. The van der Waals surface area contributed by atoms with Gasteiger partial charge in [0.05, 0.1) is 0 Å². The highest BCUT2D eigenvalue weighted by atomic mass is 16.5. The number of nitrogens with zero attached hydrogens (tertiary/aromatic N) is 2. The van der Waals surface area contributed by atoms with E-state index in [0.717, 1.165) is 18.7 Å². The molecule has 1 atom stereocenters. The van der Waals surface area contributed by atoms with E-state index in [4.69, 9.17) is 4.52 Å². The Bertz CT molecular complexity index is 594. The van der Waals surface area contributed by atoms with Gasteiger partial charge in [0.2, 0.25) is 0 Å². The SMILES string of the molecule is C[C@H]1CNCCN1C(=O)c1cc(-c2ccccc2)on1. The molecular formula is C15H17N3O2. The smallest absolute Gasteiger partial charge is 0.276 e. The van der Waals surface area contributed by atoms with Gasteiger partial charge < -0.3 is 14.7 Å². The van der Waals surface area contributed by atoms with Crippen LogP contribution in [-0.2, 0) is 0 Å². The van der Waals surface area contributed by atoms with Crippen molar-refractivity contribution in [3.63, 3.8) is 0 Å². The molecule has 1 aromatic heterocycles. The number of aromatic nitrogens is 1. The second-order valence-electron chi connectivity index (χ2n) is 4.99. The maximum Gasteiger partial charge on any atom is 0.276 e. The summed E-state index contributed by atoms with van der Waals surface area (Å²) in [4.78, 5) is 14.3. The molecule has 1 aliphatic heterocycles. The molecule has 0 saturated carbocycles. The highest BCUT2D eigenvalue weighted by molar-refractivity contribution is 5.93. The first-order valence-electron chi connectivity index (χ1n) is 6.79. The average molecular weight is 271 g/mol. The lowest BCUT2D eigenvalue weighted by Crippen LogP contribution is -2.52. The largest absolute Gasteiger partial charge is 0.355 e. The van der Waals surface area contributed by atoms with Crippen LogP contribution in [0.3, 0.4) is 0 Å². The van der Waals surface area contributed by atoms with Crippen molar-refractivity contribution in [1.29, 1.82) is 0 Å². The van der Waals surface area contributed by atoms with Gasteiger partial charge in [-0.3, -0.25) is 4.79 Å². The number of hydrogen-bond donors (Lipinski definition) is 1. The molecule has 1 amide bonds. The van der Waals surface area contributed by atoms with Crippen molar-refractivity contribution in [2.24, 2.45) is 0 Å². The fraction of sp³-hybridized carbons (Fsp3) is 0.333. The van der Waals surface area contributed by atoms with E-state index < -0.39 is 0 Å². The topological polar surface area (TPSA) is 58.4 Å². The molecule has 5 heteroatoms. The van der Waals surface area contributed by atoms with Crippen LogP contribution in [-0.4, -0.2) is 41.6 Å². The van der Waals surface area contributed by atoms with Crippen LogP contribution >= 0.6 is 0 Å². The second kappa shape index (κ2) is 5.46. The van der Waals surface area contributed by atoms with Crippen LogP contribution in [0.2, 0.25) is 0 Å². The fourth-order valence-electron chi connectivity index (χ4n) is 2.40. The summed E-state index contributed by atoms with van der Waals surface area (Å²) < 4.78 is 5.28. The fourth-order valence-corrected chi connectivity index (χ4v) is 2.40. The third-order valence-electron chi connectivity index (χ3n) is 3.55. The summed E-state index contributed by atoms with van der Waals surface area (Å²) in [5, 5.41) is 7.18. The van der Waals surface area contributed by atoms with Crippen LogP contribution < -0.4 is 5.32 Å². The zero-order valence-corrected chi connectivity index (χ0v) is 11.4. The number of nitrogens with one attached hydrogen (secondary N) is 1. The summed E-state index contributed by atoms with van der Waals surface area (Å²) in [6, 6.07) is 11.5. The van der Waals surface area contributed by atoms with E-state index in [1.165, 1.54) is 0 Å². The summed E-state index contributed by atoms with van der Waals surface area (Å²) in [6.45, 7) is 4.37. The molecule has 0 radical (unpaired) electrons. The highest BCUT2D eigenvalue weighted by Gasteiger charge is 2.26. The van der Waals surface area contributed by atoms with E-state index in [9.17, 15) is 4.79 Å². The third kappa shape index (κ3) is 2.44. The summed E-state index contributed by atoms with van der Waals surface area (Å²) in [7, 11) is 0. The van der Waals surface area contributed by atoms with E-state index in [2.05, 4.69) is 10.5 Å². The van der Waals surface area contributed by atoms with E-state index in [0.29, 0.717) is 18.0 Å². The van der Waals surface area contributed by atoms with Gasteiger partial charge >= 0.3 is 0 Å². The Morgan fingerprint density at radius 1 is 1.40 bits per heavy atom. The van der Waals surface area contributed by atoms with Crippen molar-refractivity contribution in [3.05, 3.63) is 42.1 Å². The molecule has 1 N–H and O–H groups in total. The van der Waals surface area contributed by atoms with Crippen LogP contribution in [0.1, 0.15) is 17.4 Å². The van der Waals surface area contributed by atoms with Gasteiger partial charge in [-0.05, 0) is 6.92 Å². The minimum Gasteiger partial charge on any atom is -0.355 e. The monoisotopic (exact) mass is 271 g/mol. The second-order valence-corrected chi connectivity index (χ2v) is 4.99. The van der Waals surface area contributed by atoms with Crippen molar-refractivity contribution in [3.8, 4) is 11.3 Å². The Morgan fingerprint density at radius 3 is 2.95 bits per heavy atom. The molecule has 1 fully saturated rings. The van der Waals surface area contributed by atoms with E-state index in [-0.39, 0.29) is 11.9 Å². The summed E-state index contributed by atoms with van der Waals surface area (Å²) in [5.41, 5.74) is 1.30. The lowest BCUT2D eigenvalue weighted by atomic mass is 10.1. The standard InChI is InChI=1S/C15H17N3O2/c1-11-10-16-7-8-18(11)15(19)13-9-14(20-17-13)12-5-3-2-4-6-12/h2-6,9,11,16H,7-8,10H2,1H3/t11-/m0/s1. The molecule has 1 aromatic carbocycles. The zero-order chi connectivity index (χ0) is 13.9. The first-order valence-corrected chi connectivity index (χ1v) is 6.79. The molecule has 1 saturated heterocycles. The number of hydrogen-bond acceptors (Lipinski definition) is 4. The molecule has 3 rings (SSSR count). The highest BCUT2D eigenvalue weighted by Crippen LogP contribution is 2.21. The van der Waals surface area contributed by atoms with Crippen LogP contribution in [0.4, 0.5) is 0 Å². The van der Waals surface area contributed by atoms with Gasteiger partial charge in [-0.25, -0.2) is 0 Å². The van der Waals surface area contributed by atoms with Crippen LogP contribution in [0, 0.1) is 0 Å². The van der Waals surface area contributed by atoms with Crippen LogP contribution in [0.25, 0.3) is 11.3 Å². The molecule has 20 heavy (non-hydrogen) atoms. The van der Waals surface area contributed by atoms with E-state index in [1.54, 1.807) is 6.07 Å². The molecule has 0 bridgehead atoms. The normalized spacial score (nSPS) is 19.1. The Morgan fingerprint density at radius 2 is 2.20 bits per heavy atom. The first kappa shape index (κ1) is 12.9. The van der Waals surface area contributed by atoms with Gasteiger partial charge in [0, 0.05) is 37.3 Å². The van der Waals surface area contributed by atoms with Crippen LogP contribution in [0.15, 0.2) is 40.9 Å². The van der Waals surface area contributed by atoms with Crippen molar-refractivity contribution in [2.45, 2.75) is 13.0 Å². The lowest BCUT2D eigenvalue weighted by molar-refractivity contribution is 0.0645. The zero-order valence-electron chi connectivity index (χ0n) is 11.4. The first-order chi connectivity index (χ1) is 9.75. The summed E-state index contributed by atoms with van der Waals surface area (Å²) in [5.74, 6) is 0.557. The molecule has 2 aromatic rings. The number of carbonyl (C=O) groups excluding carboxylic acids is 1. The van der Waals surface area contributed by atoms with Crippen molar-refractivity contribution >= 4 is 5.91 Å². The van der Waals surface area contributed by atoms with Gasteiger partial charge in [-0.1, -0.05) is 35.5 Å². The average Bonchev–Trinajstić information content (AvgIpc) is 2.98. The molecule has 104 valence electrons. The maximum absolute atomic E-state index is 12.4. The van der Waals surface area contributed by atoms with Crippen molar-refractivity contribution in [1.82, 2.24) is 15.4 Å². The molecule has 0 aliphatic carbocycles.